The van der Waals surface area contributed by atoms with Crippen molar-refractivity contribution in [2.24, 2.45) is 0 Å². The van der Waals surface area contributed by atoms with Gasteiger partial charge in [-0.3, -0.25) is 0 Å². The van der Waals surface area contributed by atoms with Crippen molar-refractivity contribution in [3.8, 4) is 23.0 Å². The van der Waals surface area contributed by atoms with Crippen molar-refractivity contribution in [2.75, 3.05) is 13.2 Å². The van der Waals surface area contributed by atoms with Gasteiger partial charge in [-0.25, -0.2) is 4.79 Å². The van der Waals surface area contributed by atoms with E-state index >= 15 is 0 Å². The smallest absolute Gasteiger partial charge is 0.407 e. The second-order valence-electron chi connectivity index (χ2n) is 5.98. The molecule has 0 fully saturated rings. The number of amides is 1. The standard InChI is InChI=1S/C21H21NO3/c1-2-3-8-15(13-23)22-21(24)25-14-20-18-11-6-4-9-16(18)17-10-5-7-12-19(17)20/h4-7,9-12,15,20,23H,8,13-14H2,1H3,(H,22,24). The normalized spacial score (nSPS) is 13.2. The molecule has 4 nitrogen and oxygen atoms in total. The van der Waals surface area contributed by atoms with Crippen LogP contribution in [0.5, 0.6) is 0 Å². The lowest BCUT2D eigenvalue weighted by atomic mass is 9.98. The fraction of sp³-hybridized carbons (Fsp3) is 0.286. The van der Waals surface area contributed by atoms with Crippen molar-refractivity contribution in [1.82, 2.24) is 5.32 Å². The van der Waals surface area contributed by atoms with Crippen molar-refractivity contribution < 1.29 is 14.6 Å². The zero-order chi connectivity index (χ0) is 17.6. The molecular weight excluding hydrogens is 314 g/mol. The molecule has 1 atom stereocenters. The molecule has 0 saturated carbocycles. The summed E-state index contributed by atoms with van der Waals surface area (Å²) in [6.45, 7) is 1.82. The molecule has 0 bridgehead atoms. The SMILES string of the molecule is CC#CCC(CO)NC(=O)OCC1c2ccccc2-c2ccccc21. The lowest BCUT2D eigenvalue weighted by Crippen LogP contribution is -2.38. The first-order valence-corrected chi connectivity index (χ1v) is 8.36. The minimum atomic E-state index is -0.529. The van der Waals surface area contributed by atoms with Crippen LogP contribution >= 0.6 is 0 Å². The zero-order valence-electron chi connectivity index (χ0n) is 14.2. The minimum Gasteiger partial charge on any atom is -0.449 e. The maximum absolute atomic E-state index is 12.1. The first-order chi connectivity index (χ1) is 12.2. The molecule has 0 aliphatic heterocycles. The number of hydrogen-bond donors (Lipinski definition) is 2. The third kappa shape index (κ3) is 3.67. The number of carbonyl (C=O) groups is 1. The highest BCUT2D eigenvalue weighted by molar-refractivity contribution is 5.79. The third-order valence-electron chi connectivity index (χ3n) is 4.41. The zero-order valence-corrected chi connectivity index (χ0v) is 14.2. The van der Waals surface area contributed by atoms with E-state index in [-0.39, 0.29) is 19.1 Å². The van der Waals surface area contributed by atoms with Crippen LogP contribution in [0, 0.1) is 11.8 Å². The number of aliphatic hydroxyl groups is 1. The second kappa shape index (κ2) is 7.87. The number of nitrogens with one attached hydrogen (secondary N) is 1. The van der Waals surface area contributed by atoms with Gasteiger partial charge in [0.2, 0.25) is 0 Å². The number of aliphatic hydroxyl groups excluding tert-OH is 1. The number of rotatable bonds is 5. The van der Waals surface area contributed by atoms with Gasteiger partial charge in [0.1, 0.15) is 6.61 Å². The third-order valence-corrected chi connectivity index (χ3v) is 4.41. The Morgan fingerprint density at radius 1 is 1.16 bits per heavy atom. The average Bonchev–Trinajstić information content (AvgIpc) is 2.97. The van der Waals surface area contributed by atoms with E-state index in [4.69, 9.17) is 4.74 Å². The summed E-state index contributed by atoms with van der Waals surface area (Å²) in [6.07, 6.45) is -0.129. The van der Waals surface area contributed by atoms with Crippen molar-refractivity contribution in [3.63, 3.8) is 0 Å². The van der Waals surface area contributed by atoms with Crippen LogP contribution in [0.3, 0.4) is 0 Å². The number of ether oxygens (including phenoxy) is 1. The van der Waals surface area contributed by atoms with Gasteiger partial charge in [-0.2, -0.15) is 0 Å². The summed E-state index contributed by atoms with van der Waals surface area (Å²) in [6, 6.07) is 16.0. The summed E-state index contributed by atoms with van der Waals surface area (Å²) in [4.78, 5) is 12.1. The summed E-state index contributed by atoms with van der Waals surface area (Å²) < 4.78 is 5.44. The van der Waals surface area contributed by atoms with Crippen molar-refractivity contribution >= 4 is 6.09 Å². The molecule has 128 valence electrons. The highest BCUT2D eigenvalue weighted by Crippen LogP contribution is 2.44. The Bertz CT molecular complexity index is 774. The van der Waals surface area contributed by atoms with E-state index in [1.165, 1.54) is 22.3 Å². The van der Waals surface area contributed by atoms with Crippen molar-refractivity contribution in [2.45, 2.75) is 25.3 Å². The summed E-state index contributed by atoms with van der Waals surface area (Å²) in [5, 5.41) is 12.0. The molecule has 0 spiro atoms. The van der Waals surface area contributed by atoms with Crippen LogP contribution in [0.15, 0.2) is 48.5 Å². The average molecular weight is 335 g/mol. The first-order valence-electron chi connectivity index (χ1n) is 8.36. The van der Waals surface area contributed by atoms with Crippen LogP contribution in [0.1, 0.15) is 30.4 Å². The van der Waals surface area contributed by atoms with E-state index in [1.54, 1.807) is 6.92 Å². The Morgan fingerprint density at radius 3 is 2.32 bits per heavy atom. The van der Waals surface area contributed by atoms with Gasteiger partial charge in [-0.15, -0.1) is 11.8 Å². The Labute approximate surface area is 147 Å². The molecule has 1 unspecified atom stereocenters. The van der Waals surface area contributed by atoms with E-state index in [2.05, 4.69) is 41.4 Å². The topological polar surface area (TPSA) is 58.6 Å². The van der Waals surface area contributed by atoms with Gasteiger partial charge in [0, 0.05) is 12.3 Å². The van der Waals surface area contributed by atoms with Crippen LogP contribution in [-0.2, 0) is 4.74 Å². The van der Waals surface area contributed by atoms with E-state index in [1.807, 2.05) is 24.3 Å². The first kappa shape index (κ1) is 17.1. The van der Waals surface area contributed by atoms with Gasteiger partial charge in [0.15, 0.2) is 0 Å². The monoisotopic (exact) mass is 335 g/mol. The molecule has 0 radical (unpaired) electrons. The second-order valence-corrected chi connectivity index (χ2v) is 5.98. The Balaban J connectivity index is 1.69. The van der Waals surface area contributed by atoms with Gasteiger partial charge in [0.05, 0.1) is 12.6 Å². The van der Waals surface area contributed by atoms with E-state index in [9.17, 15) is 9.90 Å². The fourth-order valence-electron chi connectivity index (χ4n) is 3.19. The molecule has 1 amide bonds. The van der Waals surface area contributed by atoms with Gasteiger partial charge in [-0.05, 0) is 29.2 Å². The summed E-state index contributed by atoms with van der Waals surface area (Å²) >= 11 is 0. The molecular formula is C21H21NO3. The van der Waals surface area contributed by atoms with Gasteiger partial charge >= 0.3 is 6.09 Å². The van der Waals surface area contributed by atoms with Crippen LogP contribution < -0.4 is 5.32 Å². The van der Waals surface area contributed by atoms with Crippen LogP contribution in [0.25, 0.3) is 11.1 Å². The molecule has 1 aliphatic rings. The number of hydrogen-bond acceptors (Lipinski definition) is 3. The van der Waals surface area contributed by atoms with Crippen LogP contribution in [0.2, 0.25) is 0 Å². The molecule has 2 aromatic rings. The quantitative estimate of drug-likeness (QED) is 0.824. The predicted molar refractivity (Wildman–Crippen MR) is 97.1 cm³/mol. The number of benzene rings is 2. The molecule has 2 aromatic carbocycles. The summed E-state index contributed by atoms with van der Waals surface area (Å²) in [5.74, 6) is 5.63. The minimum absolute atomic E-state index is 0.0289. The number of fused-ring (bicyclic) bond motifs is 3. The molecule has 2 N–H and O–H groups in total. The van der Waals surface area contributed by atoms with Crippen LogP contribution in [-0.4, -0.2) is 30.5 Å². The lowest BCUT2D eigenvalue weighted by Gasteiger charge is -2.17. The maximum atomic E-state index is 12.1. The highest BCUT2D eigenvalue weighted by Gasteiger charge is 2.29. The van der Waals surface area contributed by atoms with Gasteiger partial charge < -0.3 is 15.2 Å². The highest BCUT2D eigenvalue weighted by atomic mass is 16.5. The largest absolute Gasteiger partial charge is 0.449 e. The molecule has 4 heteroatoms. The Kier molecular flexibility index (Phi) is 5.37. The fourth-order valence-corrected chi connectivity index (χ4v) is 3.19. The maximum Gasteiger partial charge on any atom is 0.407 e. The summed E-state index contributed by atoms with van der Waals surface area (Å²) in [7, 11) is 0. The number of alkyl carbamates (subject to hydrolysis) is 1. The molecule has 0 saturated heterocycles. The van der Waals surface area contributed by atoms with E-state index < -0.39 is 12.1 Å². The lowest BCUT2D eigenvalue weighted by molar-refractivity contribution is 0.133. The molecule has 1 aliphatic carbocycles. The number of carbonyl (C=O) groups excluding carboxylic acids is 1. The van der Waals surface area contributed by atoms with Crippen molar-refractivity contribution in [3.05, 3.63) is 59.7 Å². The van der Waals surface area contributed by atoms with Crippen molar-refractivity contribution in [1.29, 1.82) is 0 Å². The summed E-state index contributed by atoms with van der Waals surface area (Å²) in [5.41, 5.74) is 4.73. The van der Waals surface area contributed by atoms with E-state index in [0.29, 0.717) is 6.42 Å². The van der Waals surface area contributed by atoms with Crippen LogP contribution in [0.4, 0.5) is 4.79 Å². The van der Waals surface area contributed by atoms with E-state index in [0.717, 1.165) is 0 Å². The molecule has 0 aromatic heterocycles. The van der Waals surface area contributed by atoms with Gasteiger partial charge in [0.25, 0.3) is 0 Å². The molecule has 3 rings (SSSR count). The molecule has 25 heavy (non-hydrogen) atoms. The Hall–Kier alpha value is -2.77. The predicted octanol–water partition coefficient (Wildman–Crippen LogP) is 3.30. The molecule has 0 heterocycles. The Morgan fingerprint density at radius 2 is 1.76 bits per heavy atom. The van der Waals surface area contributed by atoms with Gasteiger partial charge in [-0.1, -0.05) is 48.5 Å².